The third kappa shape index (κ3) is 3.06. The van der Waals surface area contributed by atoms with Crippen LogP contribution in [0.2, 0.25) is 0 Å². The molecule has 100 valence electrons. The second-order valence-corrected chi connectivity index (χ2v) is 3.44. The van der Waals surface area contributed by atoms with Crippen LogP contribution in [0.3, 0.4) is 0 Å². The molecule has 0 radical (unpaired) electrons. The number of halogens is 3. The second-order valence-electron chi connectivity index (χ2n) is 3.44. The van der Waals surface area contributed by atoms with Crippen molar-refractivity contribution in [3.63, 3.8) is 0 Å². The lowest BCUT2D eigenvalue weighted by Crippen LogP contribution is -2.31. The van der Waals surface area contributed by atoms with E-state index in [0.29, 0.717) is 0 Å². The minimum atomic E-state index is -4.59. The largest absolute Gasteiger partial charge is 0.493 e. The van der Waals surface area contributed by atoms with Gasteiger partial charge in [0.2, 0.25) is 0 Å². The van der Waals surface area contributed by atoms with Crippen molar-refractivity contribution < 1.29 is 32.5 Å². The van der Waals surface area contributed by atoms with E-state index in [4.69, 9.17) is 9.84 Å². The molecule has 1 N–H and O–H groups in total. The quantitative estimate of drug-likeness (QED) is 0.908. The molecule has 0 saturated heterocycles. The Labute approximate surface area is 101 Å². The predicted octanol–water partition coefficient (Wildman–Crippen LogP) is 2.72. The van der Waals surface area contributed by atoms with Gasteiger partial charge in [0.25, 0.3) is 0 Å². The Morgan fingerprint density at radius 3 is 2.44 bits per heavy atom. The normalized spacial score (nSPS) is 12.9. The van der Waals surface area contributed by atoms with E-state index < -0.39 is 24.0 Å². The van der Waals surface area contributed by atoms with E-state index in [9.17, 15) is 18.0 Å². The molecule has 1 aromatic rings. The number of aromatic carboxylic acids is 1. The number of ether oxygens (including phenoxy) is 2. The molecule has 0 amide bonds. The van der Waals surface area contributed by atoms with Crippen molar-refractivity contribution in [1.82, 2.24) is 0 Å². The molecular weight excluding hydrogens is 253 g/mol. The van der Waals surface area contributed by atoms with Crippen molar-refractivity contribution >= 4 is 5.97 Å². The highest BCUT2D eigenvalue weighted by molar-refractivity contribution is 5.92. The van der Waals surface area contributed by atoms with Crippen LogP contribution in [0, 0.1) is 0 Å². The van der Waals surface area contributed by atoms with Gasteiger partial charge in [0, 0.05) is 0 Å². The molecule has 0 aliphatic rings. The third-order valence-electron chi connectivity index (χ3n) is 2.18. The highest BCUT2D eigenvalue weighted by atomic mass is 19.4. The van der Waals surface area contributed by atoms with Crippen LogP contribution < -0.4 is 9.47 Å². The first-order chi connectivity index (χ1) is 8.27. The van der Waals surface area contributed by atoms with Gasteiger partial charge in [-0.2, -0.15) is 13.2 Å². The summed E-state index contributed by atoms with van der Waals surface area (Å²) in [6.45, 7) is 0.790. The number of rotatable bonds is 4. The average molecular weight is 264 g/mol. The van der Waals surface area contributed by atoms with E-state index in [2.05, 4.69) is 4.74 Å². The Morgan fingerprint density at radius 2 is 2.00 bits per heavy atom. The minimum Gasteiger partial charge on any atom is -0.493 e. The standard InChI is InChI=1S/C11H11F3O4/c1-6(11(12,13)14)18-9-7(10(15)16)4-3-5-8(9)17-2/h3-6H,1-2H3,(H,15,16). The molecular formula is C11H11F3O4. The number of hydrogen-bond acceptors (Lipinski definition) is 3. The van der Waals surface area contributed by atoms with Crippen molar-refractivity contribution in [3.05, 3.63) is 23.8 Å². The summed E-state index contributed by atoms with van der Waals surface area (Å²) >= 11 is 0. The lowest BCUT2D eigenvalue weighted by atomic mass is 10.2. The van der Waals surface area contributed by atoms with Gasteiger partial charge in [-0.1, -0.05) is 6.07 Å². The SMILES string of the molecule is COc1cccc(C(=O)O)c1OC(C)C(F)(F)F. The highest BCUT2D eigenvalue weighted by Gasteiger charge is 2.39. The van der Waals surface area contributed by atoms with E-state index in [1.165, 1.54) is 19.2 Å². The predicted molar refractivity (Wildman–Crippen MR) is 56.1 cm³/mol. The fourth-order valence-corrected chi connectivity index (χ4v) is 1.21. The molecule has 1 atom stereocenters. The van der Waals surface area contributed by atoms with Crippen LogP contribution in [-0.4, -0.2) is 30.5 Å². The van der Waals surface area contributed by atoms with E-state index in [0.717, 1.165) is 13.0 Å². The molecule has 0 fully saturated rings. The van der Waals surface area contributed by atoms with Crippen molar-refractivity contribution in [2.75, 3.05) is 7.11 Å². The summed E-state index contributed by atoms with van der Waals surface area (Å²) in [6, 6.07) is 3.82. The van der Waals surface area contributed by atoms with Crippen LogP contribution in [0.5, 0.6) is 11.5 Å². The number of para-hydroxylation sites is 1. The topological polar surface area (TPSA) is 55.8 Å². The van der Waals surface area contributed by atoms with E-state index >= 15 is 0 Å². The molecule has 1 unspecified atom stereocenters. The number of carboxylic acid groups (broad SMARTS) is 1. The Kier molecular flexibility index (Phi) is 4.05. The summed E-state index contributed by atoms with van der Waals surface area (Å²) in [4.78, 5) is 10.9. The van der Waals surface area contributed by atoms with Crippen LogP contribution in [0.15, 0.2) is 18.2 Å². The molecule has 0 aliphatic carbocycles. The molecule has 0 spiro atoms. The summed E-state index contributed by atoms with van der Waals surface area (Å²) in [5.41, 5.74) is -0.384. The molecule has 7 heteroatoms. The first kappa shape index (κ1) is 14.1. The fourth-order valence-electron chi connectivity index (χ4n) is 1.21. The molecule has 4 nitrogen and oxygen atoms in total. The van der Waals surface area contributed by atoms with Gasteiger partial charge in [-0.3, -0.25) is 0 Å². The molecule has 0 heterocycles. The molecule has 0 bridgehead atoms. The third-order valence-corrected chi connectivity index (χ3v) is 2.18. The number of hydrogen-bond donors (Lipinski definition) is 1. The summed E-state index contributed by atoms with van der Waals surface area (Å²) in [7, 11) is 1.21. The summed E-state index contributed by atoms with van der Waals surface area (Å²) in [5.74, 6) is -1.89. The van der Waals surface area contributed by atoms with Gasteiger partial charge >= 0.3 is 12.1 Å². The van der Waals surface area contributed by atoms with E-state index in [1.54, 1.807) is 0 Å². The average Bonchev–Trinajstić information content (AvgIpc) is 2.27. The maximum absolute atomic E-state index is 12.4. The lowest BCUT2D eigenvalue weighted by Gasteiger charge is -2.20. The van der Waals surface area contributed by atoms with Crippen LogP contribution in [0.25, 0.3) is 0 Å². The van der Waals surface area contributed by atoms with Crippen molar-refractivity contribution in [1.29, 1.82) is 0 Å². The van der Waals surface area contributed by atoms with Crippen molar-refractivity contribution in [2.45, 2.75) is 19.2 Å². The minimum absolute atomic E-state index is 0.0639. The first-order valence-electron chi connectivity index (χ1n) is 4.91. The van der Waals surface area contributed by atoms with Crippen molar-refractivity contribution in [2.24, 2.45) is 0 Å². The van der Waals surface area contributed by atoms with Gasteiger partial charge in [0.05, 0.1) is 7.11 Å². The van der Waals surface area contributed by atoms with E-state index in [-0.39, 0.29) is 11.3 Å². The molecule has 18 heavy (non-hydrogen) atoms. The van der Waals surface area contributed by atoms with Gasteiger partial charge < -0.3 is 14.6 Å². The van der Waals surface area contributed by atoms with Crippen LogP contribution in [0.4, 0.5) is 13.2 Å². The van der Waals surface area contributed by atoms with Crippen LogP contribution in [0.1, 0.15) is 17.3 Å². The summed E-state index contributed by atoms with van der Waals surface area (Å²) in [6.07, 6.45) is -6.72. The Bertz CT molecular complexity index is 442. The zero-order valence-electron chi connectivity index (χ0n) is 9.62. The zero-order chi connectivity index (χ0) is 13.9. The number of methoxy groups -OCH3 is 1. The van der Waals surface area contributed by atoms with Gasteiger partial charge in [-0.15, -0.1) is 0 Å². The maximum atomic E-state index is 12.4. The molecule has 0 saturated carbocycles. The zero-order valence-corrected chi connectivity index (χ0v) is 9.62. The van der Waals surface area contributed by atoms with Gasteiger partial charge in [0.15, 0.2) is 17.6 Å². The number of carbonyl (C=O) groups is 1. The second kappa shape index (κ2) is 5.16. The van der Waals surface area contributed by atoms with Gasteiger partial charge in [-0.25, -0.2) is 4.79 Å². The molecule has 1 rings (SSSR count). The van der Waals surface area contributed by atoms with Gasteiger partial charge in [0.1, 0.15) is 5.56 Å². The smallest absolute Gasteiger partial charge is 0.425 e. The fraction of sp³-hybridized carbons (Fsp3) is 0.364. The molecule has 0 aliphatic heterocycles. The lowest BCUT2D eigenvalue weighted by molar-refractivity contribution is -0.189. The van der Waals surface area contributed by atoms with Gasteiger partial charge in [-0.05, 0) is 19.1 Å². The monoisotopic (exact) mass is 264 g/mol. The maximum Gasteiger partial charge on any atom is 0.425 e. The summed E-state index contributed by atoms with van der Waals surface area (Å²) in [5, 5.41) is 8.88. The number of alkyl halides is 3. The number of carboxylic acids is 1. The van der Waals surface area contributed by atoms with Crippen LogP contribution >= 0.6 is 0 Å². The summed E-state index contributed by atoms with van der Waals surface area (Å²) < 4.78 is 46.6. The Morgan fingerprint density at radius 1 is 1.39 bits per heavy atom. The molecule has 0 aromatic heterocycles. The highest BCUT2D eigenvalue weighted by Crippen LogP contribution is 2.34. The molecule has 1 aromatic carbocycles. The van der Waals surface area contributed by atoms with Crippen LogP contribution in [-0.2, 0) is 0 Å². The number of benzene rings is 1. The first-order valence-corrected chi connectivity index (χ1v) is 4.91. The Balaban J connectivity index is 3.17. The Hall–Kier alpha value is -1.92. The van der Waals surface area contributed by atoms with Crippen molar-refractivity contribution in [3.8, 4) is 11.5 Å². The van der Waals surface area contributed by atoms with E-state index in [1.807, 2.05) is 0 Å².